The molecule has 0 fully saturated rings. The molecule has 0 saturated carbocycles. The van der Waals surface area contributed by atoms with Gasteiger partial charge in [-0.05, 0) is 24.5 Å². The van der Waals surface area contributed by atoms with Crippen molar-refractivity contribution in [3.8, 4) is 0 Å². The number of carboxylic acid groups (broad SMARTS) is 1. The Balaban J connectivity index is 2.34. The molecule has 8 nitrogen and oxygen atoms in total. The predicted octanol–water partition coefficient (Wildman–Crippen LogP) is 0.899. The summed E-state index contributed by atoms with van der Waals surface area (Å²) in [7, 11) is -4.04. The number of hydrogen-bond donors (Lipinski definition) is 3. The van der Waals surface area contributed by atoms with Gasteiger partial charge in [0.2, 0.25) is 10.0 Å². The molecule has 2 aromatic rings. The fourth-order valence-corrected chi connectivity index (χ4v) is 3.24. The Morgan fingerprint density at radius 1 is 1.41 bits per heavy atom. The van der Waals surface area contributed by atoms with Crippen molar-refractivity contribution in [3.05, 3.63) is 28.7 Å². The van der Waals surface area contributed by atoms with Crippen LogP contribution in [0.1, 0.15) is 20.3 Å². The van der Waals surface area contributed by atoms with E-state index in [1.807, 2.05) is 0 Å². The maximum Gasteiger partial charge on any atom is 0.417 e. The highest BCUT2D eigenvalue weighted by Gasteiger charge is 2.26. The first kappa shape index (κ1) is 16.2. The van der Waals surface area contributed by atoms with Gasteiger partial charge in [0, 0.05) is 6.07 Å². The van der Waals surface area contributed by atoms with Crippen molar-refractivity contribution in [2.45, 2.75) is 31.2 Å². The molecular formula is C13H16N2O6S. The molecule has 0 aliphatic heterocycles. The van der Waals surface area contributed by atoms with E-state index < -0.39 is 27.8 Å². The Labute approximate surface area is 126 Å². The molecule has 0 spiro atoms. The minimum atomic E-state index is -4.04. The number of aromatic amines is 1. The van der Waals surface area contributed by atoms with Crippen LogP contribution in [-0.2, 0) is 14.8 Å². The van der Waals surface area contributed by atoms with Gasteiger partial charge >= 0.3 is 11.7 Å². The monoisotopic (exact) mass is 328 g/mol. The van der Waals surface area contributed by atoms with Gasteiger partial charge in [0.15, 0.2) is 5.58 Å². The van der Waals surface area contributed by atoms with Gasteiger partial charge < -0.3 is 9.52 Å². The van der Waals surface area contributed by atoms with Crippen LogP contribution in [0.15, 0.2) is 32.3 Å². The van der Waals surface area contributed by atoms with Crippen molar-refractivity contribution < 1.29 is 22.7 Å². The summed E-state index contributed by atoms with van der Waals surface area (Å²) >= 11 is 0. The summed E-state index contributed by atoms with van der Waals surface area (Å²) in [5.41, 5.74) is 0.449. The van der Waals surface area contributed by atoms with Crippen molar-refractivity contribution in [2.75, 3.05) is 0 Å². The first-order chi connectivity index (χ1) is 10.2. The molecular weight excluding hydrogens is 312 g/mol. The van der Waals surface area contributed by atoms with Gasteiger partial charge in [-0.2, -0.15) is 4.72 Å². The van der Waals surface area contributed by atoms with Crippen molar-refractivity contribution in [2.24, 2.45) is 5.92 Å². The number of benzene rings is 1. The van der Waals surface area contributed by atoms with Crippen LogP contribution in [0, 0.1) is 5.92 Å². The first-order valence-corrected chi connectivity index (χ1v) is 8.05. The van der Waals surface area contributed by atoms with Gasteiger partial charge in [-0.3, -0.25) is 9.78 Å². The molecule has 0 saturated heterocycles. The quantitative estimate of drug-likeness (QED) is 0.722. The van der Waals surface area contributed by atoms with Crippen LogP contribution < -0.4 is 10.5 Å². The van der Waals surface area contributed by atoms with E-state index in [1.54, 1.807) is 13.8 Å². The second-order valence-corrected chi connectivity index (χ2v) is 7.03. The number of aromatic nitrogens is 1. The van der Waals surface area contributed by atoms with E-state index in [2.05, 4.69) is 9.71 Å². The van der Waals surface area contributed by atoms with E-state index in [-0.39, 0.29) is 22.8 Å². The zero-order valence-corrected chi connectivity index (χ0v) is 12.8. The molecule has 0 aliphatic carbocycles. The number of H-pyrrole nitrogens is 1. The van der Waals surface area contributed by atoms with Crippen LogP contribution in [0.4, 0.5) is 0 Å². The SMILES string of the molecule is CC(C)C[C@H](NS(=O)(=O)c1ccc2[nH]c(=O)oc2c1)C(=O)O. The van der Waals surface area contributed by atoms with E-state index in [9.17, 15) is 18.0 Å². The number of aliphatic carboxylic acids is 1. The van der Waals surface area contributed by atoms with Crippen molar-refractivity contribution in [3.63, 3.8) is 0 Å². The molecule has 0 unspecified atom stereocenters. The Morgan fingerprint density at radius 3 is 2.68 bits per heavy atom. The minimum absolute atomic E-state index is 0.00831. The topological polar surface area (TPSA) is 129 Å². The number of rotatable bonds is 6. The molecule has 0 bridgehead atoms. The number of fused-ring (bicyclic) bond motifs is 1. The molecule has 1 aromatic carbocycles. The second-order valence-electron chi connectivity index (χ2n) is 5.31. The smallest absolute Gasteiger partial charge is 0.417 e. The number of oxazole rings is 1. The van der Waals surface area contributed by atoms with E-state index in [0.29, 0.717) is 5.52 Å². The molecule has 120 valence electrons. The molecule has 1 heterocycles. The van der Waals surface area contributed by atoms with E-state index in [0.717, 1.165) is 0 Å². The highest BCUT2D eigenvalue weighted by atomic mass is 32.2. The fourth-order valence-electron chi connectivity index (χ4n) is 2.02. The summed E-state index contributed by atoms with van der Waals surface area (Å²) in [5, 5.41) is 9.12. The number of nitrogens with one attached hydrogen (secondary N) is 2. The lowest BCUT2D eigenvalue weighted by atomic mass is 10.1. The highest BCUT2D eigenvalue weighted by Crippen LogP contribution is 2.17. The van der Waals surface area contributed by atoms with Gasteiger partial charge in [-0.1, -0.05) is 13.8 Å². The first-order valence-electron chi connectivity index (χ1n) is 6.57. The molecule has 0 radical (unpaired) electrons. The third kappa shape index (κ3) is 3.55. The van der Waals surface area contributed by atoms with Crippen molar-refractivity contribution in [1.82, 2.24) is 9.71 Å². The van der Waals surface area contributed by atoms with Gasteiger partial charge in [-0.15, -0.1) is 0 Å². The zero-order valence-electron chi connectivity index (χ0n) is 12.0. The van der Waals surface area contributed by atoms with Crippen LogP contribution in [0.25, 0.3) is 11.1 Å². The maximum absolute atomic E-state index is 12.3. The average Bonchev–Trinajstić information content (AvgIpc) is 2.75. The standard InChI is InChI=1S/C13H16N2O6S/c1-7(2)5-10(12(16)17)15-22(19,20)8-3-4-9-11(6-8)21-13(18)14-9/h3-4,6-7,10,15H,5H2,1-2H3,(H,14,18)(H,16,17)/t10-/m0/s1. The number of carbonyl (C=O) groups is 1. The molecule has 9 heteroatoms. The third-order valence-corrected chi connectivity index (χ3v) is 4.47. The molecule has 2 rings (SSSR count). The zero-order chi connectivity index (χ0) is 16.5. The summed E-state index contributed by atoms with van der Waals surface area (Å²) < 4.78 is 31.5. The van der Waals surface area contributed by atoms with Crippen LogP contribution in [0.3, 0.4) is 0 Å². The van der Waals surface area contributed by atoms with Gasteiger partial charge in [0.1, 0.15) is 6.04 Å². The van der Waals surface area contributed by atoms with Crippen LogP contribution in [0.5, 0.6) is 0 Å². The summed E-state index contributed by atoms with van der Waals surface area (Å²) in [4.78, 5) is 24.5. The second kappa shape index (κ2) is 5.93. The van der Waals surface area contributed by atoms with Crippen molar-refractivity contribution >= 4 is 27.1 Å². The third-order valence-electron chi connectivity index (χ3n) is 3.01. The van der Waals surface area contributed by atoms with Crippen molar-refractivity contribution in [1.29, 1.82) is 0 Å². The highest BCUT2D eigenvalue weighted by molar-refractivity contribution is 7.89. The normalized spacial score (nSPS) is 13.6. The van der Waals surface area contributed by atoms with Crippen LogP contribution in [-0.4, -0.2) is 30.5 Å². The lowest BCUT2D eigenvalue weighted by molar-refractivity contribution is -0.139. The Bertz CT molecular complexity index is 849. The lowest BCUT2D eigenvalue weighted by Crippen LogP contribution is -2.41. The minimum Gasteiger partial charge on any atom is -0.480 e. The van der Waals surface area contributed by atoms with Crippen LogP contribution in [0.2, 0.25) is 0 Å². The molecule has 1 aromatic heterocycles. The number of carboxylic acids is 1. The van der Waals surface area contributed by atoms with E-state index in [1.165, 1.54) is 18.2 Å². The van der Waals surface area contributed by atoms with Crippen LogP contribution >= 0.6 is 0 Å². The van der Waals surface area contributed by atoms with Gasteiger partial charge in [0.05, 0.1) is 10.4 Å². The van der Waals surface area contributed by atoms with E-state index >= 15 is 0 Å². The molecule has 1 atom stereocenters. The number of sulfonamides is 1. The Kier molecular flexibility index (Phi) is 4.38. The summed E-state index contributed by atoms with van der Waals surface area (Å²) in [6, 6.07) is 2.60. The summed E-state index contributed by atoms with van der Waals surface area (Å²) in [6.07, 6.45) is 0.163. The molecule has 22 heavy (non-hydrogen) atoms. The molecule has 0 amide bonds. The van der Waals surface area contributed by atoms with Gasteiger partial charge in [0.25, 0.3) is 0 Å². The Morgan fingerprint density at radius 2 is 2.09 bits per heavy atom. The molecule has 0 aliphatic rings. The molecule has 3 N–H and O–H groups in total. The Hall–Kier alpha value is -2.13. The summed E-state index contributed by atoms with van der Waals surface area (Å²) in [6.45, 7) is 3.59. The van der Waals surface area contributed by atoms with E-state index in [4.69, 9.17) is 9.52 Å². The largest absolute Gasteiger partial charge is 0.480 e. The maximum atomic E-state index is 12.3. The number of hydrogen-bond acceptors (Lipinski definition) is 5. The summed E-state index contributed by atoms with van der Waals surface area (Å²) in [5.74, 6) is -1.93. The lowest BCUT2D eigenvalue weighted by Gasteiger charge is -2.16. The average molecular weight is 328 g/mol. The van der Waals surface area contributed by atoms with Gasteiger partial charge in [-0.25, -0.2) is 13.2 Å². The fraction of sp³-hybridized carbons (Fsp3) is 0.385. The predicted molar refractivity (Wildman–Crippen MR) is 78.0 cm³/mol.